The zero-order chi connectivity index (χ0) is 20.5. The predicted octanol–water partition coefficient (Wildman–Crippen LogP) is 4.24. The Hall–Kier alpha value is -0.670. The van der Waals surface area contributed by atoms with Gasteiger partial charge in [0.2, 0.25) is 0 Å². The van der Waals surface area contributed by atoms with E-state index < -0.39 is 0 Å². The second kappa shape index (κ2) is 13.7. The number of halogens is 1. The molecule has 1 saturated heterocycles. The van der Waals surface area contributed by atoms with Gasteiger partial charge in [0.15, 0.2) is 5.96 Å². The molecule has 0 radical (unpaired) electrons. The maximum absolute atomic E-state index is 9.31. The SMILES string of the molecule is CCNC(=NCc1ccc(N2CCC(CO)CC2)cc1)NC1CCCC(SC)C1.I. The van der Waals surface area contributed by atoms with Crippen LogP contribution in [-0.4, -0.2) is 54.9 Å². The Bertz CT molecular complexity index is 635. The monoisotopic (exact) mass is 546 g/mol. The van der Waals surface area contributed by atoms with E-state index in [4.69, 9.17) is 4.99 Å². The molecule has 3 rings (SSSR count). The number of aliphatic imine (C=N–C) groups is 1. The quantitative estimate of drug-likeness (QED) is 0.271. The van der Waals surface area contributed by atoms with Gasteiger partial charge in [0.05, 0.1) is 6.54 Å². The Morgan fingerprint density at radius 2 is 1.90 bits per heavy atom. The zero-order valence-electron chi connectivity index (χ0n) is 18.5. The third kappa shape index (κ3) is 7.79. The number of thioether (sulfide) groups is 1. The first-order valence-corrected chi connectivity index (χ1v) is 12.5. The van der Waals surface area contributed by atoms with Gasteiger partial charge in [0.1, 0.15) is 0 Å². The summed E-state index contributed by atoms with van der Waals surface area (Å²) >= 11 is 2.00. The lowest BCUT2D eigenvalue weighted by Crippen LogP contribution is -2.45. The molecular formula is C23H39IN4OS. The van der Waals surface area contributed by atoms with Crippen molar-refractivity contribution < 1.29 is 5.11 Å². The predicted molar refractivity (Wildman–Crippen MR) is 141 cm³/mol. The minimum Gasteiger partial charge on any atom is -0.396 e. The number of guanidine groups is 1. The number of aliphatic hydroxyl groups excluding tert-OH is 1. The summed E-state index contributed by atoms with van der Waals surface area (Å²) in [5.41, 5.74) is 2.52. The number of benzene rings is 1. The van der Waals surface area contributed by atoms with E-state index >= 15 is 0 Å². The van der Waals surface area contributed by atoms with E-state index in [9.17, 15) is 5.11 Å². The summed E-state index contributed by atoms with van der Waals surface area (Å²) in [4.78, 5) is 7.26. The number of hydrogen-bond acceptors (Lipinski definition) is 4. The van der Waals surface area contributed by atoms with Gasteiger partial charge in [-0.25, -0.2) is 4.99 Å². The van der Waals surface area contributed by atoms with Crippen LogP contribution in [0.2, 0.25) is 0 Å². The van der Waals surface area contributed by atoms with Gasteiger partial charge in [-0.1, -0.05) is 18.6 Å². The minimum atomic E-state index is 0. The number of hydrogen-bond donors (Lipinski definition) is 3. The Kier molecular flexibility index (Phi) is 11.7. The molecule has 30 heavy (non-hydrogen) atoms. The van der Waals surface area contributed by atoms with Crippen LogP contribution in [0.5, 0.6) is 0 Å². The second-order valence-electron chi connectivity index (χ2n) is 8.34. The van der Waals surface area contributed by atoms with Gasteiger partial charge >= 0.3 is 0 Å². The first-order chi connectivity index (χ1) is 14.2. The van der Waals surface area contributed by atoms with Crippen LogP contribution in [-0.2, 0) is 6.54 Å². The maximum atomic E-state index is 9.31. The molecule has 2 unspecified atom stereocenters. The standard InChI is InChI=1S/C23H38N4OS.HI/c1-3-24-23(26-20-5-4-6-22(15-20)29-2)25-16-18-7-9-21(10-8-18)27-13-11-19(17-28)12-14-27;/h7-10,19-20,22,28H,3-6,11-17H2,1-2H3,(H2,24,25,26);1H. The van der Waals surface area contributed by atoms with Crippen molar-refractivity contribution in [2.24, 2.45) is 10.9 Å². The molecular weight excluding hydrogens is 507 g/mol. The van der Waals surface area contributed by atoms with Gasteiger partial charge in [-0.2, -0.15) is 11.8 Å². The molecule has 0 aromatic heterocycles. The Morgan fingerprint density at radius 3 is 2.53 bits per heavy atom. The second-order valence-corrected chi connectivity index (χ2v) is 9.48. The number of piperidine rings is 1. The summed E-state index contributed by atoms with van der Waals surface area (Å²) in [5, 5.41) is 17.2. The van der Waals surface area contributed by atoms with Crippen LogP contribution in [0.15, 0.2) is 29.3 Å². The number of rotatable bonds is 7. The maximum Gasteiger partial charge on any atom is 0.191 e. The molecule has 2 aliphatic rings. The topological polar surface area (TPSA) is 59.9 Å². The fourth-order valence-electron chi connectivity index (χ4n) is 4.36. The number of nitrogens with one attached hydrogen (secondary N) is 2. The molecule has 170 valence electrons. The van der Waals surface area contributed by atoms with E-state index in [0.717, 1.165) is 43.7 Å². The first-order valence-electron chi connectivity index (χ1n) is 11.2. The molecule has 0 bridgehead atoms. The van der Waals surface area contributed by atoms with Crippen molar-refractivity contribution in [3.05, 3.63) is 29.8 Å². The number of nitrogens with zero attached hydrogens (tertiary/aromatic N) is 2. The average molecular weight is 547 g/mol. The van der Waals surface area contributed by atoms with Crippen LogP contribution in [0.25, 0.3) is 0 Å². The smallest absolute Gasteiger partial charge is 0.191 e. The normalized spacial score (nSPS) is 23.0. The molecule has 7 heteroatoms. The number of aliphatic hydroxyl groups is 1. The fraction of sp³-hybridized carbons (Fsp3) is 0.696. The summed E-state index contributed by atoms with van der Waals surface area (Å²) in [6.07, 6.45) is 9.51. The minimum absolute atomic E-state index is 0. The van der Waals surface area contributed by atoms with Gasteiger partial charge < -0.3 is 20.6 Å². The Balaban J connectivity index is 0.00000320. The molecule has 1 aromatic rings. The lowest BCUT2D eigenvalue weighted by molar-refractivity contribution is 0.203. The summed E-state index contributed by atoms with van der Waals surface area (Å²) in [7, 11) is 0. The molecule has 1 aromatic carbocycles. The highest BCUT2D eigenvalue weighted by Gasteiger charge is 2.22. The summed E-state index contributed by atoms with van der Waals surface area (Å²) in [6, 6.07) is 9.36. The van der Waals surface area contributed by atoms with Gasteiger partial charge in [-0.3, -0.25) is 0 Å². The van der Waals surface area contributed by atoms with Crippen LogP contribution >= 0.6 is 35.7 Å². The third-order valence-electron chi connectivity index (χ3n) is 6.24. The number of anilines is 1. The van der Waals surface area contributed by atoms with E-state index in [1.54, 1.807) is 0 Å². The highest BCUT2D eigenvalue weighted by molar-refractivity contribution is 14.0. The molecule has 1 saturated carbocycles. The summed E-state index contributed by atoms with van der Waals surface area (Å²) < 4.78 is 0. The van der Waals surface area contributed by atoms with E-state index in [2.05, 4.69) is 53.0 Å². The van der Waals surface area contributed by atoms with Crippen molar-refractivity contribution in [2.75, 3.05) is 37.4 Å². The fourth-order valence-corrected chi connectivity index (χ4v) is 5.19. The van der Waals surface area contributed by atoms with Crippen LogP contribution in [0, 0.1) is 5.92 Å². The third-order valence-corrected chi connectivity index (χ3v) is 7.33. The van der Waals surface area contributed by atoms with Crippen molar-refractivity contribution in [3.8, 4) is 0 Å². The molecule has 1 heterocycles. The van der Waals surface area contributed by atoms with Crippen molar-refractivity contribution >= 4 is 47.4 Å². The van der Waals surface area contributed by atoms with Crippen molar-refractivity contribution in [2.45, 2.75) is 63.3 Å². The first kappa shape index (κ1) is 25.6. The van der Waals surface area contributed by atoms with Gasteiger partial charge in [-0.05, 0) is 68.9 Å². The van der Waals surface area contributed by atoms with Crippen LogP contribution in [0.1, 0.15) is 51.0 Å². The van der Waals surface area contributed by atoms with Crippen LogP contribution in [0.3, 0.4) is 0 Å². The van der Waals surface area contributed by atoms with Crippen LogP contribution in [0.4, 0.5) is 5.69 Å². The lowest BCUT2D eigenvalue weighted by Gasteiger charge is -2.33. The van der Waals surface area contributed by atoms with E-state index in [-0.39, 0.29) is 24.0 Å². The van der Waals surface area contributed by atoms with Gasteiger partial charge in [0.25, 0.3) is 0 Å². The summed E-state index contributed by atoms with van der Waals surface area (Å²) in [5.74, 6) is 1.42. The largest absolute Gasteiger partial charge is 0.396 e. The van der Waals surface area contributed by atoms with Gasteiger partial charge in [-0.15, -0.1) is 24.0 Å². The van der Waals surface area contributed by atoms with Gasteiger partial charge in [0, 0.05) is 43.2 Å². The highest BCUT2D eigenvalue weighted by Crippen LogP contribution is 2.27. The Morgan fingerprint density at radius 1 is 1.17 bits per heavy atom. The Labute approximate surface area is 203 Å². The van der Waals surface area contributed by atoms with E-state index in [1.807, 2.05) is 11.8 Å². The van der Waals surface area contributed by atoms with E-state index in [0.29, 0.717) is 25.1 Å². The zero-order valence-corrected chi connectivity index (χ0v) is 21.6. The molecule has 5 nitrogen and oxygen atoms in total. The van der Waals surface area contributed by atoms with Crippen LogP contribution < -0.4 is 15.5 Å². The lowest BCUT2D eigenvalue weighted by atomic mass is 9.95. The van der Waals surface area contributed by atoms with Crippen molar-refractivity contribution in [3.63, 3.8) is 0 Å². The molecule has 1 aliphatic carbocycles. The van der Waals surface area contributed by atoms with Crippen molar-refractivity contribution in [1.29, 1.82) is 0 Å². The highest BCUT2D eigenvalue weighted by atomic mass is 127. The van der Waals surface area contributed by atoms with Crippen molar-refractivity contribution in [1.82, 2.24) is 10.6 Å². The average Bonchev–Trinajstić information content (AvgIpc) is 2.78. The molecule has 2 fully saturated rings. The summed E-state index contributed by atoms with van der Waals surface area (Å²) in [6.45, 7) is 6.10. The molecule has 3 N–H and O–H groups in total. The molecule has 2 atom stereocenters. The molecule has 1 aliphatic heterocycles. The molecule has 0 amide bonds. The molecule has 0 spiro atoms. The van der Waals surface area contributed by atoms with E-state index in [1.165, 1.54) is 36.9 Å².